The highest BCUT2D eigenvalue weighted by Crippen LogP contribution is 2.38. The molecule has 0 radical (unpaired) electrons. The van der Waals surface area contributed by atoms with Crippen LogP contribution in [0.3, 0.4) is 0 Å². The minimum Gasteiger partial charge on any atom is -0.398 e. The van der Waals surface area contributed by atoms with Crippen molar-refractivity contribution in [1.82, 2.24) is 0 Å². The Kier molecular flexibility index (Phi) is 3.21. The van der Waals surface area contributed by atoms with E-state index in [1.165, 1.54) is 17.8 Å². The summed E-state index contributed by atoms with van der Waals surface area (Å²) in [5.41, 5.74) is 4.62. The van der Waals surface area contributed by atoms with Gasteiger partial charge in [0.2, 0.25) is 0 Å². The number of benzene rings is 1. The van der Waals surface area contributed by atoms with Gasteiger partial charge in [-0.15, -0.1) is 11.8 Å². The summed E-state index contributed by atoms with van der Waals surface area (Å²) < 4.78 is 37.0. The number of halogens is 4. The number of hydrogen-bond acceptors (Lipinski definition) is 2. The topological polar surface area (TPSA) is 26.0 Å². The zero-order chi connectivity index (χ0) is 10.9. The first kappa shape index (κ1) is 11.5. The van der Waals surface area contributed by atoms with Crippen molar-refractivity contribution in [1.29, 1.82) is 0 Å². The summed E-state index contributed by atoms with van der Waals surface area (Å²) >= 11 is 6.73. The fraction of sp³-hybridized carbons (Fsp3) is 0.250. The minimum atomic E-state index is -4.46. The van der Waals surface area contributed by atoms with Gasteiger partial charge in [-0.2, -0.15) is 13.2 Å². The van der Waals surface area contributed by atoms with E-state index in [1.54, 1.807) is 6.26 Å². The molecule has 14 heavy (non-hydrogen) atoms. The Bertz CT molecular complexity index is 351. The van der Waals surface area contributed by atoms with E-state index in [0.29, 0.717) is 4.90 Å². The molecule has 0 bridgehead atoms. The number of anilines is 1. The molecule has 78 valence electrons. The van der Waals surface area contributed by atoms with Crippen LogP contribution in [0.1, 0.15) is 5.56 Å². The van der Waals surface area contributed by atoms with Crippen molar-refractivity contribution in [3.8, 4) is 0 Å². The number of alkyl halides is 3. The second-order valence-corrected chi connectivity index (χ2v) is 3.83. The van der Waals surface area contributed by atoms with Crippen LogP contribution in [0.15, 0.2) is 17.0 Å². The van der Waals surface area contributed by atoms with E-state index in [2.05, 4.69) is 0 Å². The molecule has 0 saturated heterocycles. The lowest BCUT2D eigenvalue weighted by atomic mass is 10.2. The fourth-order valence-corrected chi connectivity index (χ4v) is 1.83. The first-order valence-corrected chi connectivity index (χ1v) is 5.16. The Morgan fingerprint density at radius 2 is 1.93 bits per heavy atom. The molecule has 6 heteroatoms. The third-order valence-corrected chi connectivity index (χ3v) is 2.73. The van der Waals surface area contributed by atoms with Crippen LogP contribution >= 0.6 is 23.4 Å². The first-order valence-electron chi connectivity index (χ1n) is 3.56. The van der Waals surface area contributed by atoms with Gasteiger partial charge in [-0.25, -0.2) is 0 Å². The van der Waals surface area contributed by atoms with Crippen LogP contribution in [0.2, 0.25) is 5.02 Å². The quantitative estimate of drug-likeness (QED) is 0.600. The number of nitrogens with two attached hydrogens (primary N) is 1. The zero-order valence-electron chi connectivity index (χ0n) is 7.15. The van der Waals surface area contributed by atoms with Crippen LogP contribution in [0, 0.1) is 0 Å². The molecule has 1 nitrogen and oxygen atoms in total. The molecule has 0 aliphatic rings. The highest BCUT2D eigenvalue weighted by atomic mass is 35.5. The second-order valence-electron chi connectivity index (χ2n) is 2.57. The van der Waals surface area contributed by atoms with E-state index in [-0.39, 0.29) is 10.7 Å². The lowest BCUT2D eigenvalue weighted by Gasteiger charge is -2.11. The fourth-order valence-electron chi connectivity index (χ4n) is 0.966. The highest BCUT2D eigenvalue weighted by molar-refractivity contribution is 7.98. The van der Waals surface area contributed by atoms with Crippen LogP contribution < -0.4 is 5.73 Å². The van der Waals surface area contributed by atoms with E-state index in [0.717, 1.165) is 6.07 Å². The summed E-state index contributed by atoms with van der Waals surface area (Å²) in [6, 6.07) is 2.08. The summed E-state index contributed by atoms with van der Waals surface area (Å²) in [5, 5.41) is -0.323. The van der Waals surface area contributed by atoms with Crippen molar-refractivity contribution >= 4 is 29.1 Å². The maximum absolute atomic E-state index is 12.3. The molecule has 0 aliphatic heterocycles. The Hall–Kier alpha value is -0.550. The molecule has 0 heterocycles. The van der Waals surface area contributed by atoms with Gasteiger partial charge in [-0.1, -0.05) is 11.6 Å². The van der Waals surface area contributed by atoms with E-state index < -0.39 is 11.7 Å². The average Bonchev–Trinajstić information content (AvgIpc) is 2.06. The van der Waals surface area contributed by atoms with Gasteiger partial charge < -0.3 is 5.73 Å². The van der Waals surface area contributed by atoms with Gasteiger partial charge in [-0.3, -0.25) is 0 Å². The predicted octanol–water partition coefficient (Wildman–Crippen LogP) is 3.66. The Balaban J connectivity index is 3.29. The molecule has 0 aliphatic carbocycles. The van der Waals surface area contributed by atoms with E-state index in [4.69, 9.17) is 17.3 Å². The molecule has 0 aromatic heterocycles. The number of thioether (sulfide) groups is 1. The van der Waals surface area contributed by atoms with Gasteiger partial charge in [0, 0.05) is 10.6 Å². The summed E-state index contributed by atoms with van der Waals surface area (Å²) in [6.45, 7) is 0. The van der Waals surface area contributed by atoms with Crippen molar-refractivity contribution < 1.29 is 13.2 Å². The van der Waals surface area contributed by atoms with Crippen LogP contribution in [-0.2, 0) is 6.18 Å². The Labute approximate surface area is 88.4 Å². The van der Waals surface area contributed by atoms with Crippen LogP contribution in [0.4, 0.5) is 18.9 Å². The molecular weight excluding hydrogens is 235 g/mol. The zero-order valence-corrected chi connectivity index (χ0v) is 8.72. The molecule has 0 atom stereocenters. The molecular formula is C8H7ClF3NS. The van der Waals surface area contributed by atoms with Crippen LogP contribution in [0.5, 0.6) is 0 Å². The summed E-state index contributed by atoms with van der Waals surface area (Å²) in [6.07, 6.45) is -2.74. The van der Waals surface area contributed by atoms with E-state index in [1.807, 2.05) is 0 Å². The molecule has 0 saturated carbocycles. The number of rotatable bonds is 1. The van der Waals surface area contributed by atoms with Crippen molar-refractivity contribution in [3.05, 3.63) is 22.7 Å². The van der Waals surface area contributed by atoms with Gasteiger partial charge in [0.1, 0.15) is 0 Å². The van der Waals surface area contributed by atoms with Gasteiger partial charge in [-0.05, 0) is 18.4 Å². The highest BCUT2D eigenvalue weighted by Gasteiger charge is 2.33. The standard InChI is InChI=1S/C8H7ClF3NS/c1-14-7-3-5(9)4(2-6(7)13)8(10,11)12/h2-3H,13H2,1H3. The van der Waals surface area contributed by atoms with Crippen molar-refractivity contribution in [3.63, 3.8) is 0 Å². The Morgan fingerprint density at radius 1 is 1.36 bits per heavy atom. The Morgan fingerprint density at radius 3 is 2.36 bits per heavy atom. The summed E-state index contributed by atoms with van der Waals surface area (Å²) in [5.74, 6) is 0. The number of nitrogen functional groups attached to an aromatic ring is 1. The van der Waals surface area contributed by atoms with Crippen molar-refractivity contribution in [2.75, 3.05) is 12.0 Å². The minimum absolute atomic E-state index is 0.0919. The lowest BCUT2D eigenvalue weighted by Crippen LogP contribution is -2.07. The lowest BCUT2D eigenvalue weighted by molar-refractivity contribution is -0.137. The molecule has 0 fully saturated rings. The van der Waals surface area contributed by atoms with E-state index >= 15 is 0 Å². The second kappa shape index (κ2) is 3.90. The molecule has 1 aromatic rings. The molecule has 1 rings (SSSR count). The first-order chi connectivity index (χ1) is 6.36. The van der Waals surface area contributed by atoms with Gasteiger partial charge in [0.05, 0.1) is 10.6 Å². The molecule has 0 amide bonds. The van der Waals surface area contributed by atoms with E-state index in [9.17, 15) is 13.2 Å². The van der Waals surface area contributed by atoms with Gasteiger partial charge in [0.15, 0.2) is 0 Å². The van der Waals surface area contributed by atoms with Crippen molar-refractivity contribution in [2.45, 2.75) is 11.1 Å². The molecule has 2 N–H and O–H groups in total. The molecule has 0 unspecified atom stereocenters. The molecule has 1 aromatic carbocycles. The summed E-state index contributed by atoms with van der Waals surface area (Å²) in [7, 11) is 0. The summed E-state index contributed by atoms with van der Waals surface area (Å²) in [4.78, 5) is 0.544. The third kappa shape index (κ3) is 2.27. The largest absolute Gasteiger partial charge is 0.417 e. The predicted molar refractivity (Wildman–Crippen MR) is 52.6 cm³/mol. The monoisotopic (exact) mass is 241 g/mol. The average molecular weight is 242 g/mol. The smallest absolute Gasteiger partial charge is 0.398 e. The SMILES string of the molecule is CSc1cc(Cl)c(C(F)(F)F)cc1N. The molecule has 0 spiro atoms. The van der Waals surface area contributed by atoms with Crippen molar-refractivity contribution in [2.24, 2.45) is 0 Å². The van der Waals surface area contributed by atoms with Crippen LogP contribution in [0.25, 0.3) is 0 Å². The van der Waals surface area contributed by atoms with Gasteiger partial charge in [0.25, 0.3) is 0 Å². The maximum Gasteiger partial charge on any atom is 0.417 e. The third-order valence-electron chi connectivity index (χ3n) is 1.62. The van der Waals surface area contributed by atoms with Crippen LogP contribution in [-0.4, -0.2) is 6.26 Å². The number of hydrogen-bond donors (Lipinski definition) is 1. The maximum atomic E-state index is 12.3. The van der Waals surface area contributed by atoms with Gasteiger partial charge >= 0.3 is 6.18 Å². The normalized spacial score (nSPS) is 11.8.